The Morgan fingerprint density at radius 3 is 2.50 bits per heavy atom. The van der Waals surface area contributed by atoms with Crippen molar-refractivity contribution in [3.63, 3.8) is 0 Å². The molecule has 0 aliphatic heterocycles. The topological polar surface area (TPSA) is 60.1 Å². The van der Waals surface area contributed by atoms with Crippen molar-refractivity contribution in [2.24, 2.45) is 13.0 Å². The molecule has 0 radical (unpaired) electrons. The van der Waals surface area contributed by atoms with Crippen LogP contribution in [-0.2, 0) is 26.6 Å². The second kappa shape index (κ2) is 9.32. The molecule has 0 unspecified atom stereocenters. The molecule has 0 saturated carbocycles. The van der Waals surface area contributed by atoms with Gasteiger partial charge in [-0.3, -0.25) is 4.79 Å². The molecule has 36 heavy (non-hydrogen) atoms. The molecule has 7 heteroatoms. The largest absolute Gasteiger partial charge is 0.391 e. The smallest absolute Gasteiger partial charge is 0.276 e. The van der Waals surface area contributed by atoms with E-state index in [9.17, 15) is 14.3 Å². The fraction of sp³-hybridized carbons (Fsp3) is 0.241. The first-order chi connectivity index (χ1) is 17.3. The van der Waals surface area contributed by atoms with E-state index in [1.165, 1.54) is 10.7 Å². The Kier molecular flexibility index (Phi) is 6.18. The van der Waals surface area contributed by atoms with Crippen LogP contribution in [0.4, 0.5) is 8.78 Å². The molecule has 0 bridgehead atoms. The third kappa shape index (κ3) is 3.99. The summed E-state index contributed by atoms with van der Waals surface area (Å²) in [5, 5.41) is 17.3. The molecule has 0 spiro atoms. The van der Waals surface area contributed by atoms with Gasteiger partial charge in [0.2, 0.25) is 0 Å². The van der Waals surface area contributed by atoms with Crippen molar-refractivity contribution in [2.75, 3.05) is 0 Å². The predicted octanol–water partition coefficient (Wildman–Crippen LogP) is 5.57. The zero-order valence-corrected chi connectivity index (χ0v) is 20.4. The minimum absolute atomic E-state index is 0.0643. The van der Waals surface area contributed by atoms with Crippen LogP contribution in [0.2, 0.25) is 0 Å². The normalized spacial score (nSPS) is 11.8. The number of halogens is 2. The van der Waals surface area contributed by atoms with E-state index in [-0.39, 0.29) is 17.0 Å². The van der Waals surface area contributed by atoms with Gasteiger partial charge in [-0.2, -0.15) is 5.10 Å². The minimum Gasteiger partial charge on any atom is -0.391 e. The molecule has 0 saturated heterocycles. The SMILES string of the molecule is CC(C)Cc1nn(C)c(=O)c2c(-c3ccc(F)c(CO)c3F)n(Cc3cccc4ccccc34)cc12. The van der Waals surface area contributed by atoms with Gasteiger partial charge in [-0.25, -0.2) is 13.5 Å². The molecule has 3 aromatic carbocycles. The summed E-state index contributed by atoms with van der Waals surface area (Å²) < 4.78 is 33.0. The number of fused-ring (bicyclic) bond motifs is 2. The number of hydrogen-bond acceptors (Lipinski definition) is 3. The van der Waals surface area contributed by atoms with E-state index in [0.29, 0.717) is 29.4 Å². The maximum atomic E-state index is 15.6. The van der Waals surface area contributed by atoms with E-state index < -0.39 is 23.8 Å². The number of nitrogens with zero attached hydrogens (tertiary/aromatic N) is 3. The van der Waals surface area contributed by atoms with E-state index in [2.05, 4.69) is 18.9 Å². The van der Waals surface area contributed by atoms with E-state index in [1.807, 2.05) is 53.2 Å². The van der Waals surface area contributed by atoms with Crippen LogP contribution in [-0.4, -0.2) is 19.5 Å². The van der Waals surface area contributed by atoms with E-state index in [1.54, 1.807) is 7.05 Å². The molecule has 5 rings (SSSR count). The Bertz CT molecular complexity index is 1660. The molecule has 2 aromatic heterocycles. The molecule has 0 atom stereocenters. The summed E-state index contributed by atoms with van der Waals surface area (Å²) in [5.41, 5.74) is 1.36. The van der Waals surface area contributed by atoms with E-state index in [4.69, 9.17) is 0 Å². The van der Waals surface area contributed by atoms with Crippen molar-refractivity contribution in [1.29, 1.82) is 0 Å². The molecule has 0 aliphatic carbocycles. The molecule has 0 fully saturated rings. The molecule has 5 aromatic rings. The zero-order valence-electron chi connectivity index (χ0n) is 20.4. The standard InChI is InChI=1S/C29H27F2N3O2/c1-17(2)13-25-22-15-34(14-19-9-6-8-18-7-4-5-10-20(18)19)28(26(22)29(36)33(3)32-25)21-11-12-24(30)23(16-35)27(21)31/h4-12,15,17,35H,13-14,16H2,1-3H3. The maximum absolute atomic E-state index is 15.6. The summed E-state index contributed by atoms with van der Waals surface area (Å²) in [4.78, 5) is 13.4. The van der Waals surface area contributed by atoms with E-state index >= 15 is 4.39 Å². The van der Waals surface area contributed by atoms with Gasteiger partial charge in [0, 0.05) is 36.3 Å². The lowest BCUT2D eigenvalue weighted by atomic mass is 10.0. The van der Waals surface area contributed by atoms with Crippen molar-refractivity contribution in [3.8, 4) is 11.3 Å². The Morgan fingerprint density at radius 1 is 1.00 bits per heavy atom. The van der Waals surface area contributed by atoms with Crippen molar-refractivity contribution < 1.29 is 13.9 Å². The zero-order chi connectivity index (χ0) is 25.6. The minimum atomic E-state index is -0.874. The third-order valence-corrected chi connectivity index (χ3v) is 6.59. The van der Waals surface area contributed by atoms with Crippen LogP contribution in [0.15, 0.2) is 65.6 Å². The number of aryl methyl sites for hydroxylation is 1. The Labute approximate surface area is 207 Å². The highest BCUT2D eigenvalue weighted by Crippen LogP contribution is 2.35. The molecular formula is C29H27F2N3O2. The van der Waals surface area contributed by atoms with Gasteiger partial charge in [0.25, 0.3) is 5.56 Å². The first kappa shape index (κ1) is 23.9. The van der Waals surface area contributed by atoms with Crippen LogP contribution in [0, 0.1) is 17.6 Å². The van der Waals surface area contributed by atoms with Gasteiger partial charge in [0.05, 0.1) is 23.4 Å². The maximum Gasteiger partial charge on any atom is 0.276 e. The summed E-state index contributed by atoms with van der Waals surface area (Å²) in [5.74, 6) is -1.42. The number of aromatic nitrogens is 3. The second-order valence-electron chi connectivity index (χ2n) is 9.55. The number of aliphatic hydroxyl groups excluding tert-OH is 1. The van der Waals surface area contributed by atoms with Crippen molar-refractivity contribution in [3.05, 3.63) is 99.6 Å². The lowest BCUT2D eigenvalue weighted by Gasteiger charge is -2.14. The summed E-state index contributed by atoms with van der Waals surface area (Å²) in [6.45, 7) is 3.71. The van der Waals surface area contributed by atoms with Gasteiger partial charge in [-0.05, 0) is 40.8 Å². The van der Waals surface area contributed by atoms with Crippen molar-refractivity contribution in [1.82, 2.24) is 14.3 Å². The second-order valence-corrected chi connectivity index (χ2v) is 9.55. The van der Waals surface area contributed by atoms with Crippen LogP contribution in [0.25, 0.3) is 32.8 Å². The number of rotatable bonds is 6. The number of aliphatic hydroxyl groups is 1. The van der Waals surface area contributed by atoms with E-state index in [0.717, 1.165) is 28.1 Å². The molecule has 184 valence electrons. The number of hydrogen-bond donors (Lipinski definition) is 1. The summed E-state index contributed by atoms with van der Waals surface area (Å²) >= 11 is 0. The Balaban J connectivity index is 1.85. The predicted molar refractivity (Wildman–Crippen MR) is 138 cm³/mol. The first-order valence-corrected chi connectivity index (χ1v) is 11.9. The van der Waals surface area contributed by atoms with Gasteiger partial charge in [-0.15, -0.1) is 0 Å². The lowest BCUT2D eigenvalue weighted by molar-refractivity contribution is 0.269. The fourth-order valence-electron chi connectivity index (χ4n) is 4.92. The molecule has 2 heterocycles. The molecular weight excluding hydrogens is 460 g/mol. The molecule has 1 N–H and O–H groups in total. The van der Waals surface area contributed by atoms with Crippen LogP contribution in [0.5, 0.6) is 0 Å². The van der Waals surface area contributed by atoms with Crippen LogP contribution in [0.1, 0.15) is 30.7 Å². The summed E-state index contributed by atoms with van der Waals surface area (Å²) in [6.07, 6.45) is 2.48. The van der Waals surface area contributed by atoms with Gasteiger partial charge < -0.3 is 9.67 Å². The molecule has 0 amide bonds. The van der Waals surface area contributed by atoms with Crippen LogP contribution < -0.4 is 5.56 Å². The fourth-order valence-corrected chi connectivity index (χ4v) is 4.92. The van der Waals surface area contributed by atoms with Gasteiger partial charge in [0.15, 0.2) is 0 Å². The van der Waals surface area contributed by atoms with Gasteiger partial charge in [-0.1, -0.05) is 56.3 Å². The van der Waals surface area contributed by atoms with Crippen molar-refractivity contribution >= 4 is 21.5 Å². The number of benzene rings is 3. The molecule has 5 nitrogen and oxygen atoms in total. The summed E-state index contributed by atoms with van der Waals surface area (Å²) in [7, 11) is 1.58. The Morgan fingerprint density at radius 2 is 1.75 bits per heavy atom. The highest BCUT2D eigenvalue weighted by Gasteiger charge is 2.24. The van der Waals surface area contributed by atoms with Crippen molar-refractivity contribution in [2.45, 2.75) is 33.4 Å². The highest BCUT2D eigenvalue weighted by molar-refractivity contribution is 5.97. The average Bonchev–Trinajstić information content (AvgIpc) is 3.22. The average molecular weight is 488 g/mol. The lowest BCUT2D eigenvalue weighted by Crippen LogP contribution is -2.22. The quantitative estimate of drug-likeness (QED) is 0.341. The van der Waals surface area contributed by atoms with Gasteiger partial charge >= 0.3 is 0 Å². The summed E-state index contributed by atoms with van der Waals surface area (Å²) in [6, 6.07) is 16.5. The van der Waals surface area contributed by atoms with Crippen LogP contribution >= 0.6 is 0 Å². The molecule has 0 aliphatic rings. The first-order valence-electron chi connectivity index (χ1n) is 11.9. The monoisotopic (exact) mass is 487 g/mol. The van der Waals surface area contributed by atoms with Crippen LogP contribution in [0.3, 0.4) is 0 Å². The Hall–Kier alpha value is -3.84. The highest BCUT2D eigenvalue weighted by atomic mass is 19.1. The third-order valence-electron chi connectivity index (χ3n) is 6.59. The van der Waals surface area contributed by atoms with Gasteiger partial charge in [0.1, 0.15) is 11.6 Å².